The van der Waals surface area contributed by atoms with Gasteiger partial charge >= 0.3 is 0 Å². The third kappa shape index (κ3) is 3.90. The van der Waals surface area contributed by atoms with Gasteiger partial charge in [0.1, 0.15) is 5.78 Å². The summed E-state index contributed by atoms with van der Waals surface area (Å²) >= 11 is 0. The highest BCUT2D eigenvalue weighted by molar-refractivity contribution is 5.80. The quantitative estimate of drug-likeness (QED) is 0.670. The van der Waals surface area contributed by atoms with Crippen molar-refractivity contribution in [1.29, 1.82) is 0 Å². The minimum absolute atomic E-state index is 0.199. The molecule has 2 nitrogen and oxygen atoms in total. The molecule has 1 aliphatic heterocycles. The van der Waals surface area contributed by atoms with Crippen LogP contribution in [0.5, 0.6) is 0 Å². The Kier molecular flexibility index (Phi) is 4.43. The number of rotatable bonds is 4. The molecule has 1 aliphatic rings. The van der Waals surface area contributed by atoms with Crippen LogP contribution in [0.25, 0.3) is 0 Å². The maximum atomic E-state index is 11.3. The van der Waals surface area contributed by atoms with Crippen molar-refractivity contribution >= 4 is 5.78 Å². The van der Waals surface area contributed by atoms with Gasteiger partial charge in [-0.25, -0.2) is 0 Å². The molecule has 0 aromatic carbocycles. The van der Waals surface area contributed by atoms with E-state index in [0.29, 0.717) is 11.7 Å². The molecule has 1 unspecified atom stereocenters. The second-order valence-corrected chi connectivity index (χ2v) is 4.24. The van der Waals surface area contributed by atoms with Crippen molar-refractivity contribution in [3.8, 4) is 0 Å². The lowest BCUT2D eigenvalue weighted by Gasteiger charge is -2.21. The smallest absolute Gasteiger partial charge is 0.135 e. The molecule has 0 saturated carbocycles. The molecule has 76 valence electrons. The number of Topliss-reactive ketones (excluding diaryl/α,β-unsaturated/α-hetero) is 1. The van der Waals surface area contributed by atoms with Crippen molar-refractivity contribution in [3.63, 3.8) is 0 Å². The summed E-state index contributed by atoms with van der Waals surface area (Å²) in [5, 5.41) is 0. The van der Waals surface area contributed by atoms with Gasteiger partial charge in [0.05, 0.1) is 0 Å². The number of hydrogen-bond donors (Lipinski definition) is 0. The number of ketones is 1. The fraction of sp³-hybridized carbons (Fsp3) is 0.909. The molecule has 1 rings (SSSR count). The molecule has 0 radical (unpaired) electrons. The SMILES string of the molecule is CC(C)C(=O)CCC1CCCOC1. The van der Waals surface area contributed by atoms with Gasteiger partial charge in [-0.1, -0.05) is 13.8 Å². The van der Waals surface area contributed by atoms with Crippen LogP contribution in [0.3, 0.4) is 0 Å². The van der Waals surface area contributed by atoms with Crippen LogP contribution in [0.15, 0.2) is 0 Å². The van der Waals surface area contributed by atoms with E-state index in [4.69, 9.17) is 4.74 Å². The Labute approximate surface area is 80.7 Å². The summed E-state index contributed by atoms with van der Waals surface area (Å²) in [5.74, 6) is 1.23. The third-order valence-corrected chi connectivity index (χ3v) is 2.70. The Bertz CT molecular complexity index is 157. The van der Waals surface area contributed by atoms with Crippen molar-refractivity contribution in [2.45, 2.75) is 39.5 Å². The van der Waals surface area contributed by atoms with Crippen LogP contribution in [0.2, 0.25) is 0 Å². The normalized spacial score (nSPS) is 23.5. The van der Waals surface area contributed by atoms with E-state index in [2.05, 4.69) is 0 Å². The van der Waals surface area contributed by atoms with Crippen molar-refractivity contribution in [1.82, 2.24) is 0 Å². The minimum Gasteiger partial charge on any atom is -0.381 e. The number of hydrogen-bond acceptors (Lipinski definition) is 2. The average Bonchev–Trinajstić information content (AvgIpc) is 2.15. The fourth-order valence-electron chi connectivity index (χ4n) is 1.67. The van der Waals surface area contributed by atoms with Gasteiger partial charge < -0.3 is 4.74 Å². The first-order valence-electron chi connectivity index (χ1n) is 5.30. The van der Waals surface area contributed by atoms with Crippen molar-refractivity contribution in [3.05, 3.63) is 0 Å². The van der Waals surface area contributed by atoms with Crippen LogP contribution in [0, 0.1) is 11.8 Å². The molecule has 0 amide bonds. The standard InChI is InChI=1S/C11H20O2/c1-9(2)11(12)6-5-10-4-3-7-13-8-10/h9-10H,3-8H2,1-2H3. The zero-order valence-electron chi connectivity index (χ0n) is 8.71. The minimum atomic E-state index is 0.199. The first-order valence-corrected chi connectivity index (χ1v) is 5.30. The maximum absolute atomic E-state index is 11.3. The Morgan fingerprint density at radius 1 is 1.54 bits per heavy atom. The van der Waals surface area contributed by atoms with Crippen molar-refractivity contribution < 1.29 is 9.53 Å². The molecule has 0 spiro atoms. The zero-order valence-corrected chi connectivity index (χ0v) is 8.71. The predicted molar refractivity (Wildman–Crippen MR) is 52.6 cm³/mol. The van der Waals surface area contributed by atoms with E-state index in [9.17, 15) is 4.79 Å². The van der Waals surface area contributed by atoms with Gasteiger partial charge in [-0.05, 0) is 25.2 Å². The van der Waals surface area contributed by atoms with Crippen molar-refractivity contribution in [2.75, 3.05) is 13.2 Å². The lowest BCUT2D eigenvalue weighted by atomic mass is 9.93. The van der Waals surface area contributed by atoms with Gasteiger partial charge in [0, 0.05) is 25.6 Å². The first-order chi connectivity index (χ1) is 6.20. The molecule has 0 aliphatic carbocycles. The molecule has 1 saturated heterocycles. The number of carbonyl (C=O) groups is 1. The van der Waals surface area contributed by atoms with Crippen molar-refractivity contribution in [2.24, 2.45) is 11.8 Å². The van der Waals surface area contributed by atoms with Crippen LogP contribution >= 0.6 is 0 Å². The largest absolute Gasteiger partial charge is 0.381 e. The van der Waals surface area contributed by atoms with E-state index in [0.717, 1.165) is 26.1 Å². The molecule has 1 heterocycles. The van der Waals surface area contributed by atoms with E-state index < -0.39 is 0 Å². The average molecular weight is 184 g/mol. The van der Waals surface area contributed by atoms with Gasteiger partial charge in [0.15, 0.2) is 0 Å². The molecule has 0 aromatic rings. The fourth-order valence-corrected chi connectivity index (χ4v) is 1.67. The predicted octanol–water partition coefficient (Wildman–Crippen LogP) is 2.42. The summed E-state index contributed by atoms with van der Waals surface area (Å²) in [6.45, 7) is 5.72. The second kappa shape index (κ2) is 5.38. The van der Waals surface area contributed by atoms with Gasteiger partial charge in [0.2, 0.25) is 0 Å². The molecule has 1 atom stereocenters. The van der Waals surface area contributed by atoms with Gasteiger partial charge in [-0.15, -0.1) is 0 Å². The Morgan fingerprint density at radius 3 is 2.85 bits per heavy atom. The molecule has 1 fully saturated rings. The van der Waals surface area contributed by atoms with E-state index in [-0.39, 0.29) is 5.92 Å². The van der Waals surface area contributed by atoms with Crippen LogP contribution in [0.4, 0.5) is 0 Å². The van der Waals surface area contributed by atoms with Gasteiger partial charge in [0.25, 0.3) is 0 Å². The van der Waals surface area contributed by atoms with E-state index in [1.165, 1.54) is 12.8 Å². The summed E-state index contributed by atoms with van der Waals surface area (Å²) in [6.07, 6.45) is 4.18. The molecular weight excluding hydrogens is 164 g/mol. The summed E-state index contributed by atoms with van der Waals surface area (Å²) in [7, 11) is 0. The highest BCUT2D eigenvalue weighted by Gasteiger charge is 2.16. The number of ether oxygens (including phenoxy) is 1. The summed E-state index contributed by atoms with van der Waals surface area (Å²) in [4.78, 5) is 11.3. The summed E-state index contributed by atoms with van der Waals surface area (Å²) < 4.78 is 5.36. The Balaban J connectivity index is 2.13. The summed E-state index contributed by atoms with van der Waals surface area (Å²) in [6, 6.07) is 0. The highest BCUT2D eigenvalue weighted by Crippen LogP contribution is 2.19. The number of carbonyl (C=O) groups excluding carboxylic acids is 1. The van der Waals surface area contributed by atoms with E-state index in [1.54, 1.807) is 0 Å². The Hall–Kier alpha value is -0.370. The maximum Gasteiger partial charge on any atom is 0.135 e. The molecule has 0 aromatic heterocycles. The lowest BCUT2D eigenvalue weighted by molar-refractivity contribution is -0.122. The van der Waals surface area contributed by atoms with Crippen LogP contribution in [-0.4, -0.2) is 19.0 Å². The molecular formula is C11H20O2. The van der Waals surface area contributed by atoms with E-state index >= 15 is 0 Å². The highest BCUT2D eigenvalue weighted by atomic mass is 16.5. The second-order valence-electron chi connectivity index (χ2n) is 4.24. The van der Waals surface area contributed by atoms with Gasteiger partial charge in [-0.3, -0.25) is 4.79 Å². The molecule has 13 heavy (non-hydrogen) atoms. The van der Waals surface area contributed by atoms with Crippen LogP contribution in [-0.2, 0) is 9.53 Å². The first kappa shape index (κ1) is 10.7. The van der Waals surface area contributed by atoms with Crippen LogP contribution in [0.1, 0.15) is 39.5 Å². The topological polar surface area (TPSA) is 26.3 Å². The molecule has 0 N–H and O–H groups in total. The monoisotopic (exact) mass is 184 g/mol. The lowest BCUT2D eigenvalue weighted by Crippen LogP contribution is -2.19. The third-order valence-electron chi connectivity index (χ3n) is 2.70. The van der Waals surface area contributed by atoms with E-state index in [1.807, 2.05) is 13.8 Å². The Morgan fingerprint density at radius 2 is 2.31 bits per heavy atom. The summed E-state index contributed by atoms with van der Waals surface area (Å²) in [5.41, 5.74) is 0. The zero-order chi connectivity index (χ0) is 9.68. The van der Waals surface area contributed by atoms with Gasteiger partial charge in [-0.2, -0.15) is 0 Å². The molecule has 0 bridgehead atoms. The molecule has 2 heteroatoms. The van der Waals surface area contributed by atoms with Crippen LogP contribution < -0.4 is 0 Å².